The highest BCUT2D eigenvalue weighted by molar-refractivity contribution is 9.10. The summed E-state index contributed by atoms with van der Waals surface area (Å²) < 4.78 is 5.99. The van der Waals surface area contributed by atoms with Crippen LogP contribution >= 0.6 is 15.9 Å². The molecule has 20 heavy (non-hydrogen) atoms. The molecule has 0 unspecified atom stereocenters. The maximum absolute atomic E-state index is 6.00. The van der Waals surface area contributed by atoms with Crippen molar-refractivity contribution in [3.8, 4) is 17.1 Å². The Kier molecular flexibility index (Phi) is 3.99. The molecule has 2 N–H and O–H groups in total. The van der Waals surface area contributed by atoms with Crippen LogP contribution in [-0.4, -0.2) is 17.1 Å². The summed E-state index contributed by atoms with van der Waals surface area (Å²) in [5.41, 5.74) is 7.65. The second-order valence-corrected chi connectivity index (χ2v) is 6.37. The number of halogens is 1. The molecule has 5 heteroatoms. The summed E-state index contributed by atoms with van der Waals surface area (Å²) in [5.74, 6) is 1.82. The van der Waals surface area contributed by atoms with E-state index in [-0.39, 0.29) is 5.41 Å². The van der Waals surface area contributed by atoms with Crippen molar-refractivity contribution in [1.29, 1.82) is 0 Å². The Morgan fingerprint density at radius 3 is 2.50 bits per heavy atom. The molecule has 1 aromatic carbocycles. The number of aromatic nitrogens is 2. The number of anilines is 1. The highest BCUT2D eigenvalue weighted by Crippen LogP contribution is 2.33. The van der Waals surface area contributed by atoms with E-state index in [0.717, 1.165) is 21.5 Å². The van der Waals surface area contributed by atoms with Crippen molar-refractivity contribution in [3.05, 3.63) is 34.4 Å². The van der Waals surface area contributed by atoms with E-state index in [2.05, 4.69) is 46.7 Å². The van der Waals surface area contributed by atoms with Crippen LogP contribution in [0.1, 0.15) is 26.5 Å². The fourth-order valence-electron chi connectivity index (χ4n) is 1.85. The molecular weight excluding hydrogens is 318 g/mol. The van der Waals surface area contributed by atoms with Gasteiger partial charge in [0.15, 0.2) is 5.82 Å². The number of ether oxygens (including phenoxy) is 1. The van der Waals surface area contributed by atoms with Crippen LogP contribution in [0.4, 0.5) is 5.82 Å². The minimum atomic E-state index is -0.122. The van der Waals surface area contributed by atoms with Gasteiger partial charge in [0.25, 0.3) is 0 Å². The first kappa shape index (κ1) is 14.8. The summed E-state index contributed by atoms with van der Waals surface area (Å²) >= 11 is 3.48. The van der Waals surface area contributed by atoms with Crippen LogP contribution < -0.4 is 10.5 Å². The molecule has 0 amide bonds. The lowest BCUT2D eigenvalue weighted by atomic mass is 9.91. The molecule has 0 radical (unpaired) electrons. The number of nitrogens with two attached hydrogens (primary N) is 1. The smallest absolute Gasteiger partial charge is 0.161 e. The van der Waals surface area contributed by atoms with E-state index < -0.39 is 0 Å². The van der Waals surface area contributed by atoms with E-state index in [1.165, 1.54) is 0 Å². The summed E-state index contributed by atoms with van der Waals surface area (Å²) in [4.78, 5) is 9.01. The van der Waals surface area contributed by atoms with E-state index in [0.29, 0.717) is 11.6 Å². The normalized spacial score (nSPS) is 11.4. The first-order valence-corrected chi connectivity index (χ1v) is 7.10. The van der Waals surface area contributed by atoms with Gasteiger partial charge in [-0.05, 0) is 28.1 Å². The zero-order valence-corrected chi connectivity index (χ0v) is 13.7. The van der Waals surface area contributed by atoms with Gasteiger partial charge in [0.05, 0.1) is 17.3 Å². The highest BCUT2D eigenvalue weighted by Gasteiger charge is 2.22. The predicted molar refractivity (Wildman–Crippen MR) is 84.8 cm³/mol. The Labute approximate surface area is 127 Å². The molecule has 0 aliphatic heterocycles. The first-order valence-electron chi connectivity index (χ1n) is 6.31. The van der Waals surface area contributed by atoms with E-state index in [1.54, 1.807) is 7.11 Å². The predicted octanol–water partition coefficient (Wildman–Crippen LogP) is 3.79. The standard InChI is InChI=1S/C15H18BrN3O/c1-15(2,3)12-11(16)13(17)19-14(18-12)9-6-5-7-10(8-9)20-4/h5-8H,1-4H3,(H2,17,18,19). The van der Waals surface area contributed by atoms with Crippen molar-refractivity contribution in [1.82, 2.24) is 9.97 Å². The third kappa shape index (κ3) is 2.93. The molecule has 0 atom stereocenters. The lowest BCUT2D eigenvalue weighted by Crippen LogP contribution is -2.17. The van der Waals surface area contributed by atoms with E-state index in [1.807, 2.05) is 24.3 Å². The second kappa shape index (κ2) is 5.40. The van der Waals surface area contributed by atoms with Crippen LogP contribution in [0.15, 0.2) is 28.7 Å². The Morgan fingerprint density at radius 1 is 1.20 bits per heavy atom. The minimum Gasteiger partial charge on any atom is -0.497 e. The number of benzene rings is 1. The van der Waals surface area contributed by atoms with Gasteiger partial charge < -0.3 is 10.5 Å². The number of hydrogen-bond acceptors (Lipinski definition) is 4. The average molecular weight is 336 g/mol. The van der Waals surface area contributed by atoms with Crippen molar-refractivity contribution < 1.29 is 4.74 Å². The molecule has 2 rings (SSSR count). The summed E-state index contributed by atoms with van der Waals surface area (Å²) in [6, 6.07) is 7.63. The van der Waals surface area contributed by atoms with Gasteiger partial charge in [-0.25, -0.2) is 9.97 Å². The largest absolute Gasteiger partial charge is 0.497 e. The Bertz CT molecular complexity index is 636. The molecular formula is C15H18BrN3O. The Balaban J connectivity index is 2.60. The zero-order chi connectivity index (χ0) is 14.9. The van der Waals surface area contributed by atoms with Crippen molar-refractivity contribution in [3.63, 3.8) is 0 Å². The van der Waals surface area contributed by atoms with Crippen molar-refractivity contribution in [2.75, 3.05) is 12.8 Å². The van der Waals surface area contributed by atoms with Crippen molar-refractivity contribution in [2.24, 2.45) is 0 Å². The van der Waals surface area contributed by atoms with Crippen LogP contribution in [0.25, 0.3) is 11.4 Å². The van der Waals surface area contributed by atoms with Gasteiger partial charge in [-0.15, -0.1) is 0 Å². The maximum atomic E-state index is 6.00. The van der Waals surface area contributed by atoms with Gasteiger partial charge in [-0.1, -0.05) is 32.9 Å². The van der Waals surface area contributed by atoms with Crippen LogP contribution in [0.5, 0.6) is 5.75 Å². The van der Waals surface area contributed by atoms with E-state index in [9.17, 15) is 0 Å². The van der Waals surface area contributed by atoms with Crippen LogP contribution in [-0.2, 0) is 5.41 Å². The molecule has 0 saturated heterocycles. The van der Waals surface area contributed by atoms with E-state index in [4.69, 9.17) is 10.5 Å². The van der Waals surface area contributed by atoms with E-state index >= 15 is 0 Å². The first-order chi connectivity index (χ1) is 9.32. The molecule has 0 saturated carbocycles. The molecule has 106 valence electrons. The number of hydrogen-bond donors (Lipinski definition) is 1. The molecule has 0 aliphatic rings. The van der Waals surface area contributed by atoms with Crippen LogP contribution in [0, 0.1) is 0 Å². The molecule has 0 aliphatic carbocycles. The third-order valence-electron chi connectivity index (χ3n) is 2.92. The summed E-state index contributed by atoms with van der Waals surface area (Å²) in [6.07, 6.45) is 0. The molecule has 1 aromatic heterocycles. The topological polar surface area (TPSA) is 61.0 Å². The summed E-state index contributed by atoms with van der Waals surface area (Å²) in [7, 11) is 1.64. The van der Waals surface area contributed by atoms with Gasteiger partial charge in [0, 0.05) is 11.0 Å². The lowest BCUT2D eigenvalue weighted by Gasteiger charge is -2.21. The third-order valence-corrected chi connectivity index (χ3v) is 3.70. The van der Waals surface area contributed by atoms with Crippen LogP contribution in [0.2, 0.25) is 0 Å². The molecule has 4 nitrogen and oxygen atoms in total. The van der Waals surface area contributed by atoms with Gasteiger partial charge in [0.2, 0.25) is 0 Å². The Hall–Kier alpha value is -1.62. The van der Waals surface area contributed by atoms with Crippen molar-refractivity contribution in [2.45, 2.75) is 26.2 Å². The quantitative estimate of drug-likeness (QED) is 0.906. The zero-order valence-electron chi connectivity index (χ0n) is 12.1. The number of nitrogens with zero attached hydrogens (tertiary/aromatic N) is 2. The molecule has 1 heterocycles. The maximum Gasteiger partial charge on any atom is 0.161 e. The monoisotopic (exact) mass is 335 g/mol. The summed E-state index contributed by atoms with van der Waals surface area (Å²) in [6.45, 7) is 6.28. The van der Waals surface area contributed by atoms with Gasteiger partial charge in [-0.3, -0.25) is 0 Å². The molecule has 0 bridgehead atoms. The van der Waals surface area contributed by atoms with Gasteiger partial charge in [-0.2, -0.15) is 0 Å². The number of methoxy groups -OCH3 is 1. The highest BCUT2D eigenvalue weighted by atomic mass is 79.9. The molecule has 2 aromatic rings. The number of nitrogen functional groups attached to an aromatic ring is 1. The second-order valence-electron chi connectivity index (χ2n) is 5.58. The fraction of sp³-hybridized carbons (Fsp3) is 0.333. The van der Waals surface area contributed by atoms with Crippen LogP contribution in [0.3, 0.4) is 0 Å². The average Bonchev–Trinajstić information content (AvgIpc) is 2.40. The van der Waals surface area contributed by atoms with Gasteiger partial charge >= 0.3 is 0 Å². The Morgan fingerprint density at radius 2 is 1.90 bits per heavy atom. The van der Waals surface area contributed by atoms with Crippen molar-refractivity contribution >= 4 is 21.7 Å². The fourth-order valence-corrected chi connectivity index (χ4v) is 2.62. The molecule has 0 spiro atoms. The molecule has 0 fully saturated rings. The number of rotatable bonds is 2. The SMILES string of the molecule is COc1cccc(-c2nc(N)c(Br)c(C(C)(C)C)n2)c1. The van der Waals surface area contributed by atoms with Gasteiger partial charge in [0.1, 0.15) is 11.6 Å². The minimum absolute atomic E-state index is 0.122. The summed E-state index contributed by atoms with van der Waals surface area (Å²) in [5, 5.41) is 0. The lowest BCUT2D eigenvalue weighted by molar-refractivity contribution is 0.415.